The van der Waals surface area contributed by atoms with Gasteiger partial charge in [-0.2, -0.15) is 0 Å². The highest BCUT2D eigenvalue weighted by Gasteiger charge is 2.17. The highest BCUT2D eigenvalue weighted by molar-refractivity contribution is 6.31. The van der Waals surface area contributed by atoms with Gasteiger partial charge in [0, 0.05) is 5.02 Å². The molecular weight excluding hydrogens is 318 g/mol. The molecule has 0 bridgehead atoms. The first-order chi connectivity index (χ1) is 11.1. The van der Waals surface area contributed by atoms with E-state index >= 15 is 0 Å². The molecule has 0 aliphatic heterocycles. The maximum absolute atomic E-state index is 12.5. The number of carbonyl (C=O) groups is 2. The van der Waals surface area contributed by atoms with Crippen molar-refractivity contribution in [1.82, 2.24) is 0 Å². The summed E-state index contributed by atoms with van der Waals surface area (Å²) in [7, 11) is 1.46. The number of anilines is 1. The normalized spacial score (nSPS) is 10.0. The number of hydrogen-bond acceptors (Lipinski definition) is 4. The van der Waals surface area contributed by atoms with E-state index in [1.54, 1.807) is 43.3 Å². The smallest absolute Gasteiger partial charge is 0.340 e. The van der Waals surface area contributed by atoms with Crippen LogP contribution in [0, 0.1) is 0 Å². The van der Waals surface area contributed by atoms with E-state index in [1.165, 1.54) is 13.2 Å². The second kappa shape index (κ2) is 7.65. The van der Waals surface area contributed by atoms with Crippen molar-refractivity contribution in [3.63, 3.8) is 0 Å². The number of halogens is 1. The monoisotopic (exact) mass is 333 g/mol. The van der Waals surface area contributed by atoms with E-state index in [9.17, 15) is 9.59 Å². The van der Waals surface area contributed by atoms with Crippen molar-refractivity contribution in [3.8, 4) is 5.75 Å². The minimum atomic E-state index is -0.499. The highest BCUT2D eigenvalue weighted by atomic mass is 35.5. The Balaban J connectivity index is 2.31. The van der Waals surface area contributed by atoms with Gasteiger partial charge in [-0.05, 0) is 37.3 Å². The lowest BCUT2D eigenvalue weighted by atomic mass is 10.1. The van der Waals surface area contributed by atoms with Crippen LogP contribution < -0.4 is 10.1 Å². The molecule has 1 N–H and O–H groups in total. The standard InChI is InChI=1S/C17H16ClNO4/c1-3-23-17(21)12-6-4-5-7-14(12)19-16(20)13-10-11(18)8-9-15(13)22-2/h4-10H,3H2,1-2H3,(H,19,20). The third-order valence-corrected chi connectivity index (χ3v) is 3.31. The summed E-state index contributed by atoms with van der Waals surface area (Å²) in [6.07, 6.45) is 0. The minimum Gasteiger partial charge on any atom is -0.496 e. The fourth-order valence-corrected chi connectivity index (χ4v) is 2.20. The Bertz CT molecular complexity index is 730. The molecule has 2 aromatic carbocycles. The summed E-state index contributed by atoms with van der Waals surface area (Å²) in [4.78, 5) is 24.4. The van der Waals surface area contributed by atoms with Crippen LogP contribution in [-0.4, -0.2) is 25.6 Å². The lowest BCUT2D eigenvalue weighted by Crippen LogP contribution is -2.16. The fraction of sp³-hybridized carbons (Fsp3) is 0.176. The first-order valence-corrected chi connectivity index (χ1v) is 7.35. The Labute approximate surface area is 139 Å². The molecule has 0 atom stereocenters. The van der Waals surface area contributed by atoms with Crippen molar-refractivity contribution in [2.24, 2.45) is 0 Å². The summed E-state index contributed by atoms with van der Waals surface area (Å²) in [6.45, 7) is 1.97. The Morgan fingerprint density at radius 3 is 2.57 bits per heavy atom. The number of esters is 1. The molecule has 5 nitrogen and oxygen atoms in total. The van der Waals surface area contributed by atoms with Gasteiger partial charge in [0.05, 0.1) is 30.5 Å². The number of carbonyl (C=O) groups excluding carboxylic acids is 2. The molecule has 2 rings (SSSR count). The van der Waals surface area contributed by atoms with Crippen LogP contribution in [0.1, 0.15) is 27.6 Å². The molecule has 0 fully saturated rings. The van der Waals surface area contributed by atoms with Crippen molar-refractivity contribution in [3.05, 3.63) is 58.6 Å². The van der Waals surface area contributed by atoms with Crippen molar-refractivity contribution in [2.75, 3.05) is 19.0 Å². The Hall–Kier alpha value is -2.53. The molecule has 120 valence electrons. The topological polar surface area (TPSA) is 64.6 Å². The number of nitrogens with one attached hydrogen (secondary N) is 1. The maximum Gasteiger partial charge on any atom is 0.340 e. The molecule has 1 amide bonds. The number of amides is 1. The van der Waals surface area contributed by atoms with Crippen LogP contribution in [0.2, 0.25) is 5.02 Å². The van der Waals surface area contributed by atoms with Gasteiger partial charge in [0.2, 0.25) is 0 Å². The number of rotatable bonds is 5. The lowest BCUT2D eigenvalue weighted by Gasteiger charge is -2.12. The molecule has 0 saturated heterocycles. The zero-order valence-corrected chi connectivity index (χ0v) is 13.5. The van der Waals surface area contributed by atoms with E-state index in [4.69, 9.17) is 21.1 Å². The van der Waals surface area contributed by atoms with Gasteiger partial charge in [0.1, 0.15) is 5.75 Å². The average molecular weight is 334 g/mol. The van der Waals surface area contributed by atoms with E-state index in [0.29, 0.717) is 16.5 Å². The van der Waals surface area contributed by atoms with E-state index in [-0.39, 0.29) is 17.7 Å². The largest absolute Gasteiger partial charge is 0.496 e. The van der Waals surface area contributed by atoms with Crippen LogP contribution in [0.15, 0.2) is 42.5 Å². The summed E-state index contributed by atoms with van der Waals surface area (Å²) >= 11 is 5.93. The molecule has 0 unspecified atom stereocenters. The van der Waals surface area contributed by atoms with Crippen LogP contribution in [0.3, 0.4) is 0 Å². The van der Waals surface area contributed by atoms with Crippen molar-refractivity contribution in [2.45, 2.75) is 6.92 Å². The molecule has 23 heavy (non-hydrogen) atoms. The zero-order valence-electron chi connectivity index (χ0n) is 12.8. The number of benzene rings is 2. The number of hydrogen-bond donors (Lipinski definition) is 1. The lowest BCUT2D eigenvalue weighted by molar-refractivity contribution is 0.0527. The van der Waals surface area contributed by atoms with E-state index in [1.807, 2.05) is 0 Å². The van der Waals surface area contributed by atoms with Crippen LogP contribution in [0.5, 0.6) is 5.75 Å². The van der Waals surface area contributed by atoms with E-state index in [2.05, 4.69) is 5.32 Å². The van der Waals surface area contributed by atoms with Gasteiger partial charge in [-0.3, -0.25) is 4.79 Å². The highest BCUT2D eigenvalue weighted by Crippen LogP contribution is 2.25. The number of methoxy groups -OCH3 is 1. The maximum atomic E-state index is 12.5. The summed E-state index contributed by atoms with van der Waals surface area (Å²) in [5, 5.41) is 3.10. The van der Waals surface area contributed by atoms with Crippen molar-refractivity contribution >= 4 is 29.2 Å². The third-order valence-electron chi connectivity index (χ3n) is 3.08. The van der Waals surface area contributed by atoms with Crippen LogP contribution in [0.4, 0.5) is 5.69 Å². The molecule has 0 aliphatic carbocycles. The minimum absolute atomic E-state index is 0.253. The van der Waals surface area contributed by atoms with Gasteiger partial charge in [-0.15, -0.1) is 0 Å². The quantitative estimate of drug-likeness (QED) is 0.846. The number of para-hydroxylation sites is 1. The first-order valence-electron chi connectivity index (χ1n) is 6.97. The van der Waals surface area contributed by atoms with Crippen molar-refractivity contribution in [1.29, 1.82) is 0 Å². The molecular formula is C17H16ClNO4. The summed E-state index contributed by atoms with van der Waals surface area (Å²) < 4.78 is 10.1. The predicted molar refractivity (Wildman–Crippen MR) is 88.4 cm³/mol. The summed E-state index contributed by atoms with van der Waals surface area (Å²) in [5.74, 6) is -0.539. The van der Waals surface area contributed by atoms with Crippen molar-refractivity contribution < 1.29 is 19.1 Å². The Morgan fingerprint density at radius 2 is 1.87 bits per heavy atom. The van der Waals surface area contributed by atoms with Gasteiger partial charge in [0.15, 0.2) is 0 Å². The Morgan fingerprint density at radius 1 is 1.13 bits per heavy atom. The van der Waals surface area contributed by atoms with Crippen LogP contribution in [-0.2, 0) is 4.74 Å². The molecule has 0 saturated carbocycles. The summed E-state index contributed by atoms with van der Waals surface area (Å²) in [5.41, 5.74) is 0.917. The van der Waals surface area contributed by atoms with Gasteiger partial charge >= 0.3 is 5.97 Å². The van der Waals surface area contributed by atoms with E-state index < -0.39 is 11.9 Å². The van der Waals surface area contributed by atoms with Crippen LogP contribution >= 0.6 is 11.6 Å². The molecule has 0 heterocycles. The molecule has 0 radical (unpaired) electrons. The molecule has 6 heteroatoms. The van der Waals surface area contributed by atoms with Gasteiger partial charge in [-0.25, -0.2) is 4.79 Å². The molecule has 0 aromatic heterocycles. The predicted octanol–water partition coefficient (Wildman–Crippen LogP) is 3.78. The van der Waals surface area contributed by atoms with E-state index in [0.717, 1.165) is 0 Å². The first kappa shape index (κ1) is 16.8. The summed E-state index contributed by atoms with van der Waals surface area (Å²) in [6, 6.07) is 11.4. The van der Waals surface area contributed by atoms with Gasteiger partial charge in [0.25, 0.3) is 5.91 Å². The second-order valence-electron chi connectivity index (χ2n) is 4.56. The third kappa shape index (κ3) is 4.02. The molecule has 0 spiro atoms. The number of ether oxygens (including phenoxy) is 2. The van der Waals surface area contributed by atoms with Gasteiger partial charge < -0.3 is 14.8 Å². The molecule has 0 aliphatic rings. The zero-order chi connectivity index (χ0) is 16.8. The molecule has 2 aromatic rings. The van der Waals surface area contributed by atoms with Gasteiger partial charge in [-0.1, -0.05) is 23.7 Å². The fourth-order valence-electron chi connectivity index (χ4n) is 2.03. The van der Waals surface area contributed by atoms with Crippen LogP contribution in [0.25, 0.3) is 0 Å². The Kier molecular flexibility index (Phi) is 5.60. The second-order valence-corrected chi connectivity index (χ2v) is 5.00. The SMILES string of the molecule is CCOC(=O)c1ccccc1NC(=O)c1cc(Cl)ccc1OC. The average Bonchev–Trinajstić information content (AvgIpc) is 2.55.